The van der Waals surface area contributed by atoms with Gasteiger partial charge in [0.05, 0.1) is 5.00 Å². The highest BCUT2D eigenvalue weighted by molar-refractivity contribution is 7.91. The van der Waals surface area contributed by atoms with Gasteiger partial charge in [-0.3, -0.25) is 19.6 Å². The van der Waals surface area contributed by atoms with Gasteiger partial charge in [-0.2, -0.15) is 4.31 Å². The zero-order chi connectivity index (χ0) is 26.9. The zero-order valence-corrected chi connectivity index (χ0v) is 21.3. The number of fused-ring (bicyclic) bond motifs is 1. The predicted molar refractivity (Wildman–Crippen MR) is 140 cm³/mol. The molecule has 4 aromatic rings. The molecule has 0 aliphatic carbocycles. The maximum atomic E-state index is 13.4. The van der Waals surface area contributed by atoms with Crippen LogP contribution >= 0.6 is 11.3 Å². The number of hydrogen-bond acceptors (Lipinski definition) is 7. The van der Waals surface area contributed by atoms with Crippen LogP contribution in [0.5, 0.6) is 0 Å². The predicted octanol–water partition coefficient (Wildman–Crippen LogP) is 3.98. The van der Waals surface area contributed by atoms with Gasteiger partial charge in [-0.05, 0) is 23.8 Å². The molecule has 3 aromatic carbocycles. The van der Waals surface area contributed by atoms with Gasteiger partial charge in [-0.15, -0.1) is 11.3 Å². The van der Waals surface area contributed by atoms with Crippen LogP contribution in [-0.4, -0.2) is 35.5 Å². The molecule has 0 radical (unpaired) electrons. The second-order valence-electron chi connectivity index (χ2n) is 8.49. The van der Waals surface area contributed by atoms with Crippen molar-refractivity contribution in [2.45, 2.75) is 16.8 Å². The van der Waals surface area contributed by atoms with Gasteiger partial charge < -0.3 is 5.32 Å². The molecular weight excluding hydrogens is 526 g/mol. The number of anilines is 1. The van der Waals surface area contributed by atoms with Crippen molar-refractivity contribution in [3.05, 3.63) is 119 Å². The van der Waals surface area contributed by atoms with E-state index in [1.54, 1.807) is 84.3 Å². The van der Waals surface area contributed by atoms with E-state index in [0.717, 1.165) is 15.6 Å². The smallest absolute Gasteiger partial charge is 0.266 e. The second kappa shape index (κ2) is 10.3. The summed E-state index contributed by atoms with van der Waals surface area (Å²) in [7, 11) is -4.09. The first-order chi connectivity index (χ1) is 18.3. The third-order valence-corrected chi connectivity index (χ3v) is 9.52. The van der Waals surface area contributed by atoms with E-state index in [4.69, 9.17) is 0 Å². The van der Waals surface area contributed by atoms with Crippen LogP contribution in [0.3, 0.4) is 0 Å². The summed E-state index contributed by atoms with van der Waals surface area (Å²) in [6.07, 6.45) is 0. The van der Waals surface area contributed by atoms with E-state index in [2.05, 4.69) is 5.32 Å². The van der Waals surface area contributed by atoms with Crippen LogP contribution in [0, 0.1) is 0 Å². The summed E-state index contributed by atoms with van der Waals surface area (Å²) < 4.78 is 27.8. The molecule has 2 heterocycles. The van der Waals surface area contributed by atoms with Crippen molar-refractivity contribution in [1.82, 2.24) is 9.79 Å². The topological polar surface area (TPSA) is 133 Å². The molecule has 9 nitrogen and oxygen atoms in total. The Kier molecular flexibility index (Phi) is 6.91. The molecule has 38 heavy (non-hydrogen) atoms. The molecule has 1 atom stereocenters. The summed E-state index contributed by atoms with van der Waals surface area (Å²) in [6, 6.07) is 23.5. The fraction of sp³-hybridized carbons (Fsp3) is 0.0741. The van der Waals surface area contributed by atoms with E-state index >= 15 is 0 Å². The standard InChI is InChI=1S/C27H21N3O6S2/c31-24(18-10-5-2-6-11-18)19-12-7-13-20(14-19)25(32)28-22-15-21-16-30(38(35,36)27(21)37-22)23(26(33)29-34)17-8-3-1-4-9-17/h1-15,23,34H,16H2,(H,28,32)(H,29,33). The number of amides is 2. The van der Waals surface area contributed by atoms with Crippen molar-refractivity contribution >= 4 is 44.0 Å². The highest BCUT2D eigenvalue weighted by Crippen LogP contribution is 2.43. The third-order valence-electron chi connectivity index (χ3n) is 6.06. The number of carbonyl (C=O) groups is 3. The minimum Gasteiger partial charge on any atom is -0.314 e. The first kappa shape index (κ1) is 25.5. The SMILES string of the molecule is O=C(Nc1cc2c(s1)S(=O)(=O)N(C(C(=O)NO)c1ccccc1)C2)c1cccc(C(=O)c2ccccc2)c1. The maximum Gasteiger partial charge on any atom is 0.266 e. The molecule has 0 bridgehead atoms. The van der Waals surface area contributed by atoms with Gasteiger partial charge in [0.2, 0.25) is 0 Å². The molecule has 0 saturated heterocycles. The van der Waals surface area contributed by atoms with Crippen molar-refractivity contribution in [1.29, 1.82) is 0 Å². The second-order valence-corrected chi connectivity index (χ2v) is 11.6. The van der Waals surface area contributed by atoms with Crippen LogP contribution in [0.15, 0.2) is 95.2 Å². The van der Waals surface area contributed by atoms with Gasteiger partial charge in [0.25, 0.3) is 21.8 Å². The van der Waals surface area contributed by atoms with E-state index in [0.29, 0.717) is 27.3 Å². The van der Waals surface area contributed by atoms with E-state index in [1.165, 1.54) is 6.07 Å². The van der Waals surface area contributed by atoms with Crippen molar-refractivity contribution in [3.8, 4) is 0 Å². The molecule has 192 valence electrons. The van der Waals surface area contributed by atoms with Gasteiger partial charge in [0, 0.05) is 28.8 Å². The van der Waals surface area contributed by atoms with Crippen molar-refractivity contribution in [2.75, 3.05) is 5.32 Å². The molecule has 3 N–H and O–H groups in total. The van der Waals surface area contributed by atoms with E-state index in [9.17, 15) is 28.0 Å². The highest BCUT2D eigenvalue weighted by atomic mass is 32.2. The molecule has 1 unspecified atom stereocenters. The molecule has 0 fully saturated rings. The van der Waals surface area contributed by atoms with Crippen LogP contribution in [0.2, 0.25) is 0 Å². The molecule has 0 spiro atoms. The molecule has 1 aliphatic heterocycles. The van der Waals surface area contributed by atoms with E-state index < -0.39 is 27.9 Å². The summed E-state index contributed by atoms with van der Waals surface area (Å²) in [5.41, 5.74) is 3.47. The summed E-state index contributed by atoms with van der Waals surface area (Å²) in [4.78, 5) is 38.2. The summed E-state index contributed by atoms with van der Waals surface area (Å²) in [6.45, 7) is -0.113. The van der Waals surface area contributed by atoms with Crippen LogP contribution in [-0.2, 0) is 21.4 Å². The molecule has 5 rings (SSSR count). The van der Waals surface area contributed by atoms with Crippen LogP contribution in [0.1, 0.15) is 43.4 Å². The largest absolute Gasteiger partial charge is 0.314 e. The molecule has 2 amide bonds. The minimum absolute atomic E-state index is 0.00692. The highest BCUT2D eigenvalue weighted by Gasteiger charge is 2.44. The normalized spacial score (nSPS) is 14.9. The quantitative estimate of drug-likeness (QED) is 0.182. The zero-order valence-electron chi connectivity index (χ0n) is 19.7. The van der Waals surface area contributed by atoms with Gasteiger partial charge in [0.15, 0.2) is 5.78 Å². The first-order valence-electron chi connectivity index (χ1n) is 11.4. The summed E-state index contributed by atoms with van der Waals surface area (Å²) in [5, 5.41) is 12.3. The molecular formula is C27H21N3O6S2. The molecule has 0 saturated carbocycles. The lowest BCUT2D eigenvalue weighted by atomic mass is 10.0. The molecule has 11 heteroatoms. The van der Waals surface area contributed by atoms with Gasteiger partial charge in [0.1, 0.15) is 10.3 Å². The average molecular weight is 548 g/mol. The third kappa shape index (κ3) is 4.75. The summed E-state index contributed by atoms with van der Waals surface area (Å²) >= 11 is 0.872. The summed E-state index contributed by atoms with van der Waals surface area (Å²) in [5.74, 6) is -1.60. The van der Waals surface area contributed by atoms with Gasteiger partial charge in [-0.25, -0.2) is 13.9 Å². The number of sulfonamides is 1. The van der Waals surface area contributed by atoms with Crippen LogP contribution in [0.25, 0.3) is 0 Å². The molecule has 1 aliphatic rings. The van der Waals surface area contributed by atoms with Crippen LogP contribution in [0.4, 0.5) is 5.00 Å². The van der Waals surface area contributed by atoms with E-state index in [-0.39, 0.29) is 22.1 Å². The Bertz CT molecular complexity index is 1640. The Balaban J connectivity index is 1.36. The van der Waals surface area contributed by atoms with Crippen LogP contribution < -0.4 is 10.8 Å². The fourth-order valence-corrected chi connectivity index (χ4v) is 7.53. The fourth-order valence-electron chi connectivity index (χ4n) is 4.28. The lowest BCUT2D eigenvalue weighted by molar-refractivity contribution is -0.133. The first-order valence-corrected chi connectivity index (χ1v) is 13.7. The van der Waals surface area contributed by atoms with E-state index in [1.807, 2.05) is 6.07 Å². The number of carbonyl (C=O) groups excluding carboxylic acids is 3. The maximum absolute atomic E-state index is 13.4. The van der Waals surface area contributed by atoms with Crippen molar-refractivity contribution in [2.24, 2.45) is 0 Å². The Morgan fingerprint density at radius 3 is 2.13 bits per heavy atom. The van der Waals surface area contributed by atoms with Crippen molar-refractivity contribution in [3.63, 3.8) is 0 Å². The number of hydroxylamine groups is 1. The minimum atomic E-state index is -4.09. The number of hydrogen-bond donors (Lipinski definition) is 3. The van der Waals surface area contributed by atoms with Gasteiger partial charge >= 0.3 is 0 Å². The monoisotopic (exact) mass is 547 g/mol. The Morgan fingerprint density at radius 1 is 0.842 bits per heavy atom. The molecule has 1 aromatic heterocycles. The van der Waals surface area contributed by atoms with Gasteiger partial charge in [-0.1, -0.05) is 72.8 Å². The number of thiophene rings is 1. The number of ketones is 1. The van der Waals surface area contributed by atoms with Crippen molar-refractivity contribution < 1.29 is 28.0 Å². The lowest BCUT2D eigenvalue weighted by Gasteiger charge is -2.25. The average Bonchev–Trinajstić information content (AvgIpc) is 3.45. The number of nitrogens with one attached hydrogen (secondary N) is 2. The Morgan fingerprint density at radius 2 is 1.47 bits per heavy atom. The lowest BCUT2D eigenvalue weighted by Crippen LogP contribution is -2.39. The number of nitrogens with zero attached hydrogens (tertiary/aromatic N) is 1. The Labute approximate surface area is 222 Å². The number of benzene rings is 3. The number of rotatable bonds is 7. The Hall–Kier alpha value is -4.16.